The van der Waals surface area contributed by atoms with Gasteiger partial charge in [-0.1, -0.05) is 69.8 Å². The normalized spacial score (nSPS) is 11.6. The molecular weight excluding hydrogens is 208 g/mol. The molecule has 0 heterocycles. The molecule has 0 unspecified atom stereocenters. The van der Waals surface area contributed by atoms with Crippen molar-refractivity contribution in [2.24, 2.45) is 0 Å². The first-order valence-corrected chi connectivity index (χ1v) is 7.17. The Morgan fingerprint density at radius 3 is 1.94 bits per heavy atom. The van der Waals surface area contributed by atoms with Gasteiger partial charge in [0.25, 0.3) is 0 Å². The van der Waals surface area contributed by atoms with E-state index in [0.717, 1.165) is 12.7 Å². The molecular formula is C16H28O. The van der Waals surface area contributed by atoms with Crippen LogP contribution in [0.25, 0.3) is 0 Å². The van der Waals surface area contributed by atoms with Crippen LogP contribution in [0.3, 0.4) is 0 Å². The number of rotatable bonds is 12. The predicted octanol–water partition coefficient (Wildman–Crippen LogP) is 5.22. The van der Waals surface area contributed by atoms with Crippen LogP contribution >= 0.6 is 0 Å². The topological polar surface area (TPSA) is 17.1 Å². The zero-order valence-electron chi connectivity index (χ0n) is 11.4. The molecule has 0 aromatic carbocycles. The highest BCUT2D eigenvalue weighted by Gasteiger charge is 1.88. The van der Waals surface area contributed by atoms with Crippen LogP contribution in [0.2, 0.25) is 0 Å². The lowest BCUT2D eigenvalue weighted by Gasteiger charge is -1.98. The lowest BCUT2D eigenvalue weighted by Crippen LogP contribution is -1.78. The molecule has 98 valence electrons. The number of allylic oxidation sites excluding steroid dienone is 4. The van der Waals surface area contributed by atoms with Gasteiger partial charge in [0.05, 0.1) is 0 Å². The summed E-state index contributed by atoms with van der Waals surface area (Å²) in [5, 5.41) is 0. The Labute approximate surface area is 107 Å². The third kappa shape index (κ3) is 15.1. The second kappa shape index (κ2) is 15.1. The summed E-state index contributed by atoms with van der Waals surface area (Å²) in [5.74, 6) is 0. The third-order valence-corrected chi connectivity index (χ3v) is 2.81. The summed E-state index contributed by atoms with van der Waals surface area (Å²) in [7, 11) is 0. The molecule has 1 nitrogen and oxygen atoms in total. The minimum Gasteiger partial charge on any atom is -0.303 e. The Bertz CT molecular complexity index is 204. The minimum atomic E-state index is 0.641. The van der Waals surface area contributed by atoms with Crippen LogP contribution in [0.1, 0.15) is 71.1 Å². The molecule has 0 rings (SSSR count). The standard InChI is InChI=1S/C16H28O/c1-2-3-4-5-6-7-8-9-10-11-12-13-14-15-16-17/h10-13,16H,2-9,14-15H2,1H3/b11-10+,13-12+. The summed E-state index contributed by atoms with van der Waals surface area (Å²) in [5.41, 5.74) is 0. The van der Waals surface area contributed by atoms with Crippen LogP contribution in [-0.2, 0) is 4.79 Å². The van der Waals surface area contributed by atoms with E-state index in [4.69, 9.17) is 0 Å². The summed E-state index contributed by atoms with van der Waals surface area (Å²) in [6.45, 7) is 2.26. The highest BCUT2D eigenvalue weighted by Crippen LogP contribution is 2.08. The van der Waals surface area contributed by atoms with Crippen molar-refractivity contribution in [1.29, 1.82) is 0 Å². The molecule has 0 fully saturated rings. The lowest BCUT2D eigenvalue weighted by molar-refractivity contribution is -0.107. The fraction of sp³-hybridized carbons (Fsp3) is 0.688. The number of hydrogen-bond acceptors (Lipinski definition) is 1. The molecule has 0 amide bonds. The molecule has 0 atom stereocenters. The molecule has 0 radical (unpaired) electrons. The van der Waals surface area contributed by atoms with E-state index in [2.05, 4.69) is 25.2 Å². The van der Waals surface area contributed by atoms with Gasteiger partial charge >= 0.3 is 0 Å². The largest absolute Gasteiger partial charge is 0.303 e. The molecule has 0 aromatic heterocycles. The molecule has 0 N–H and O–H groups in total. The van der Waals surface area contributed by atoms with E-state index >= 15 is 0 Å². The van der Waals surface area contributed by atoms with Crippen molar-refractivity contribution in [2.75, 3.05) is 0 Å². The van der Waals surface area contributed by atoms with Gasteiger partial charge in [0.2, 0.25) is 0 Å². The van der Waals surface area contributed by atoms with Crippen LogP contribution in [0, 0.1) is 0 Å². The van der Waals surface area contributed by atoms with Crippen molar-refractivity contribution >= 4 is 6.29 Å². The average molecular weight is 236 g/mol. The van der Waals surface area contributed by atoms with E-state index in [0.29, 0.717) is 6.42 Å². The number of aldehydes is 1. The van der Waals surface area contributed by atoms with Crippen molar-refractivity contribution in [3.05, 3.63) is 24.3 Å². The Balaban J connectivity index is 3.13. The SMILES string of the molecule is CCCCCCCCC/C=C/C=C/CCC=O. The first kappa shape index (κ1) is 16.1. The maximum absolute atomic E-state index is 10.1. The second-order valence-electron chi connectivity index (χ2n) is 4.51. The van der Waals surface area contributed by atoms with E-state index < -0.39 is 0 Å². The van der Waals surface area contributed by atoms with Crippen molar-refractivity contribution in [3.8, 4) is 0 Å². The zero-order valence-corrected chi connectivity index (χ0v) is 11.4. The van der Waals surface area contributed by atoms with Crippen LogP contribution in [0.15, 0.2) is 24.3 Å². The number of hydrogen-bond donors (Lipinski definition) is 0. The maximum atomic E-state index is 10.1. The molecule has 0 saturated carbocycles. The van der Waals surface area contributed by atoms with Crippen LogP contribution in [0.5, 0.6) is 0 Å². The van der Waals surface area contributed by atoms with Gasteiger partial charge in [0.1, 0.15) is 6.29 Å². The molecule has 0 aliphatic carbocycles. The Kier molecular flexibility index (Phi) is 14.4. The van der Waals surface area contributed by atoms with E-state index in [9.17, 15) is 4.79 Å². The maximum Gasteiger partial charge on any atom is 0.120 e. The average Bonchev–Trinajstić information content (AvgIpc) is 2.35. The predicted molar refractivity (Wildman–Crippen MR) is 76.2 cm³/mol. The lowest BCUT2D eigenvalue weighted by atomic mass is 10.1. The summed E-state index contributed by atoms with van der Waals surface area (Å²) in [6, 6.07) is 0. The van der Waals surface area contributed by atoms with Crippen LogP contribution < -0.4 is 0 Å². The van der Waals surface area contributed by atoms with Gasteiger partial charge in [-0.3, -0.25) is 0 Å². The molecule has 0 aliphatic rings. The highest BCUT2D eigenvalue weighted by atomic mass is 16.1. The Morgan fingerprint density at radius 1 is 0.706 bits per heavy atom. The van der Waals surface area contributed by atoms with Crippen LogP contribution in [0.4, 0.5) is 0 Å². The van der Waals surface area contributed by atoms with Crippen molar-refractivity contribution in [3.63, 3.8) is 0 Å². The quantitative estimate of drug-likeness (QED) is 0.258. The van der Waals surface area contributed by atoms with Gasteiger partial charge in [-0.15, -0.1) is 0 Å². The smallest absolute Gasteiger partial charge is 0.120 e. The fourth-order valence-electron chi connectivity index (χ4n) is 1.73. The van der Waals surface area contributed by atoms with Gasteiger partial charge in [-0.2, -0.15) is 0 Å². The summed E-state index contributed by atoms with van der Waals surface area (Å²) >= 11 is 0. The van der Waals surface area contributed by atoms with E-state index in [-0.39, 0.29) is 0 Å². The molecule has 17 heavy (non-hydrogen) atoms. The Morgan fingerprint density at radius 2 is 1.29 bits per heavy atom. The van der Waals surface area contributed by atoms with E-state index in [1.807, 2.05) is 6.08 Å². The number of carbonyl (C=O) groups is 1. The fourth-order valence-corrected chi connectivity index (χ4v) is 1.73. The third-order valence-electron chi connectivity index (χ3n) is 2.81. The first-order chi connectivity index (χ1) is 8.41. The van der Waals surface area contributed by atoms with Gasteiger partial charge in [0, 0.05) is 6.42 Å². The monoisotopic (exact) mass is 236 g/mol. The molecule has 0 spiro atoms. The summed E-state index contributed by atoms with van der Waals surface area (Å²) < 4.78 is 0. The molecule has 0 aliphatic heterocycles. The summed E-state index contributed by atoms with van der Waals surface area (Å²) in [6.07, 6.45) is 21.7. The van der Waals surface area contributed by atoms with Crippen molar-refractivity contribution < 1.29 is 4.79 Å². The van der Waals surface area contributed by atoms with Crippen molar-refractivity contribution in [2.45, 2.75) is 71.1 Å². The minimum absolute atomic E-state index is 0.641. The zero-order chi connectivity index (χ0) is 12.6. The van der Waals surface area contributed by atoms with E-state index in [1.165, 1.54) is 51.4 Å². The molecule has 0 bridgehead atoms. The highest BCUT2D eigenvalue weighted by molar-refractivity contribution is 5.49. The van der Waals surface area contributed by atoms with E-state index in [1.54, 1.807) is 0 Å². The first-order valence-electron chi connectivity index (χ1n) is 7.17. The molecule has 0 saturated heterocycles. The number of carbonyl (C=O) groups excluding carboxylic acids is 1. The second-order valence-corrected chi connectivity index (χ2v) is 4.51. The van der Waals surface area contributed by atoms with Gasteiger partial charge in [-0.25, -0.2) is 0 Å². The van der Waals surface area contributed by atoms with Crippen molar-refractivity contribution in [1.82, 2.24) is 0 Å². The van der Waals surface area contributed by atoms with Gasteiger partial charge in [0.15, 0.2) is 0 Å². The van der Waals surface area contributed by atoms with Crippen LogP contribution in [-0.4, -0.2) is 6.29 Å². The Hall–Kier alpha value is -0.850. The van der Waals surface area contributed by atoms with Gasteiger partial charge < -0.3 is 4.79 Å². The molecule has 1 heteroatoms. The van der Waals surface area contributed by atoms with Gasteiger partial charge in [-0.05, 0) is 19.3 Å². The summed E-state index contributed by atoms with van der Waals surface area (Å²) in [4.78, 5) is 10.1. The molecule has 0 aromatic rings. The number of unbranched alkanes of at least 4 members (excludes halogenated alkanes) is 8.